The highest BCUT2D eigenvalue weighted by molar-refractivity contribution is 5.81. The average Bonchev–Trinajstić information content (AvgIpc) is 3.05. The number of amides is 2. The molecule has 3 N–H and O–H groups in total. The van der Waals surface area contributed by atoms with E-state index >= 15 is 0 Å². The van der Waals surface area contributed by atoms with Crippen molar-refractivity contribution in [2.24, 2.45) is 16.7 Å². The molecule has 0 unspecified atom stereocenters. The van der Waals surface area contributed by atoms with Crippen LogP contribution in [0.1, 0.15) is 83.1 Å². The Balaban J connectivity index is 0.000000352. The van der Waals surface area contributed by atoms with Crippen molar-refractivity contribution in [3.8, 4) is 0 Å². The Morgan fingerprint density at radius 2 is 1.38 bits per heavy atom. The van der Waals surface area contributed by atoms with Crippen molar-refractivity contribution in [3.05, 3.63) is 0 Å². The summed E-state index contributed by atoms with van der Waals surface area (Å²) in [7, 11) is 3.64. The van der Waals surface area contributed by atoms with Crippen LogP contribution in [0.5, 0.6) is 0 Å². The number of ether oxygens (including phenoxy) is 1. The number of morpholine rings is 1. The first kappa shape index (κ1) is 48.6. The van der Waals surface area contributed by atoms with Crippen molar-refractivity contribution in [1.82, 2.24) is 40.0 Å². The summed E-state index contributed by atoms with van der Waals surface area (Å²) in [6.45, 7) is 43.1. The lowest BCUT2D eigenvalue weighted by Gasteiger charge is -2.43. The third-order valence-electron chi connectivity index (χ3n) is 9.56. The molecule has 0 saturated carbocycles. The van der Waals surface area contributed by atoms with Crippen molar-refractivity contribution in [2.45, 2.75) is 101 Å². The maximum absolute atomic E-state index is 11.7. The van der Waals surface area contributed by atoms with E-state index in [1.54, 1.807) is 4.90 Å². The van der Waals surface area contributed by atoms with E-state index in [0.29, 0.717) is 24.6 Å². The van der Waals surface area contributed by atoms with Crippen LogP contribution < -0.4 is 10.6 Å². The Labute approximate surface area is 320 Å². The number of aliphatic hydroxyl groups is 1. The van der Waals surface area contributed by atoms with Gasteiger partial charge in [-0.15, -0.1) is 0 Å². The second-order valence-electron chi connectivity index (χ2n) is 18.9. The topological polar surface area (TPSA) is 107 Å². The number of nitrogens with zero attached hydrogens (tertiary/aromatic N) is 6. The minimum atomic E-state index is -0.225. The Kier molecular flexibility index (Phi) is 22.0. The summed E-state index contributed by atoms with van der Waals surface area (Å²) in [5, 5.41) is 15.7. The van der Waals surface area contributed by atoms with Crippen LogP contribution in [-0.2, 0) is 14.3 Å². The zero-order chi connectivity index (χ0) is 39.7. The molecule has 0 spiro atoms. The van der Waals surface area contributed by atoms with Crippen LogP contribution in [0.15, 0.2) is 0 Å². The second kappa shape index (κ2) is 23.5. The number of hydrogen-bond acceptors (Lipinski definition) is 10. The Morgan fingerprint density at radius 3 is 1.81 bits per heavy atom. The lowest BCUT2D eigenvalue weighted by atomic mass is 9.94. The number of aliphatic hydroxyl groups excluding tert-OH is 1. The molecule has 0 aromatic rings. The van der Waals surface area contributed by atoms with Gasteiger partial charge in [-0.2, -0.15) is 0 Å². The summed E-state index contributed by atoms with van der Waals surface area (Å²) in [5.74, 6) is 1.19. The number of rotatable bonds is 6. The highest BCUT2D eigenvalue weighted by atomic mass is 16.5. The van der Waals surface area contributed by atoms with Crippen LogP contribution in [-0.4, -0.2) is 196 Å². The molecule has 2 amide bonds. The van der Waals surface area contributed by atoms with Gasteiger partial charge >= 0.3 is 0 Å². The minimum Gasteiger partial charge on any atom is -0.395 e. The van der Waals surface area contributed by atoms with E-state index in [-0.39, 0.29) is 35.4 Å². The normalized spacial score (nSPS) is 23.0. The van der Waals surface area contributed by atoms with Crippen LogP contribution in [0.25, 0.3) is 0 Å². The van der Waals surface area contributed by atoms with Gasteiger partial charge in [0.05, 0.1) is 32.4 Å². The molecule has 4 aliphatic rings. The predicted molar refractivity (Wildman–Crippen MR) is 217 cm³/mol. The number of carbonyl (C=O) groups excluding carboxylic acids is 2. The van der Waals surface area contributed by atoms with Gasteiger partial charge in [-0.3, -0.25) is 19.4 Å². The molecule has 4 saturated heterocycles. The molecule has 4 aliphatic heterocycles. The zero-order valence-corrected chi connectivity index (χ0v) is 36.3. The molecule has 0 aliphatic carbocycles. The molecule has 12 nitrogen and oxygen atoms in total. The molecular weight excluding hydrogens is 656 g/mol. The van der Waals surface area contributed by atoms with Gasteiger partial charge < -0.3 is 40.1 Å². The summed E-state index contributed by atoms with van der Waals surface area (Å²) >= 11 is 0. The standard InChI is InChI=1S/C13H27N3O.C9H18N2O.C9H20N2.C9H19NO2/c1-11(2)8-15-6-7-16(12(3)9-15)10-13(17)14(4)5;1-9(2,3)8(12)11-6-4-10-5-7-11;1-9(2,3)8-11-6-4-10-5-7-11;1-9(2,3)10-4-5-12-7-8(10)6-11/h11-12H,6-10H2,1-5H3;10H,4-7H2,1-3H3;10H,4-8H2,1-3H3;8,11H,4-7H2,1-3H3/t12-;;;8-/m1..1/s1. The van der Waals surface area contributed by atoms with Crippen LogP contribution in [0.4, 0.5) is 0 Å². The first-order valence-corrected chi connectivity index (χ1v) is 20.1. The van der Waals surface area contributed by atoms with Crippen molar-refractivity contribution >= 4 is 11.8 Å². The largest absolute Gasteiger partial charge is 0.395 e. The fourth-order valence-electron chi connectivity index (χ4n) is 6.87. The summed E-state index contributed by atoms with van der Waals surface area (Å²) in [6, 6.07) is 0.658. The average molecular weight is 741 g/mol. The second-order valence-corrected chi connectivity index (χ2v) is 18.9. The lowest BCUT2D eigenvalue weighted by molar-refractivity contribution is -0.140. The van der Waals surface area contributed by atoms with E-state index in [2.05, 4.69) is 92.5 Å². The maximum Gasteiger partial charge on any atom is 0.236 e. The molecule has 308 valence electrons. The van der Waals surface area contributed by atoms with Crippen molar-refractivity contribution in [3.63, 3.8) is 0 Å². The van der Waals surface area contributed by atoms with Gasteiger partial charge in [0.2, 0.25) is 11.8 Å². The highest BCUT2D eigenvalue weighted by Crippen LogP contribution is 2.20. The Morgan fingerprint density at radius 1 is 0.827 bits per heavy atom. The number of nitrogens with one attached hydrogen (secondary N) is 2. The maximum atomic E-state index is 11.7. The fraction of sp³-hybridized carbons (Fsp3) is 0.950. The Bertz CT molecular complexity index is 980. The molecule has 52 heavy (non-hydrogen) atoms. The Hall–Kier alpha value is -1.38. The minimum absolute atomic E-state index is 0.136. The van der Waals surface area contributed by atoms with Crippen molar-refractivity contribution < 1.29 is 19.4 Å². The van der Waals surface area contributed by atoms with Crippen LogP contribution in [0.3, 0.4) is 0 Å². The van der Waals surface area contributed by atoms with Gasteiger partial charge in [-0.05, 0) is 39.0 Å². The van der Waals surface area contributed by atoms with E-state index in [1.165, 1.54) is 26.2 Å². The molecule has 0 bridgehead atoms. The molecular formula is C40H84N8O4. The first-order chi connectivity index (χ1) is 24.0. The summed E-state index contributed by atoms with van der Waals surface area (Å²) in [6.07, 6.45) is 0. The van der Waals surface area contributed by atoms with E-state index in [4.69, 9.17) is 9.84 Å². The third kappa shape index (κ3) is 20.3. The van der Waals surface area contributed by atoms with Gasteiger partial charge in [0.1, 0.15) is 0 Å². The predicted octanol–water partition coefficient (Wildman–Crippen LogP) is 2.62. The quantitative estimate of drug-likeness (QED) is 0.377. The smallest absolute Gasteiger partial charge is 0.236 e. The van der Waals surface area contributed by atoms with Gasteiger partial charge in [0.25, 0.3) is 0 Å². The molecule has 12 heteroatoms. The first-order valence-electron chi connectivity index (χ1n) is 20.1. The molecule has 2 atom stereocenters. The third-order valence-corrected chi connectivity index (χ3v) is 9.56. The van der Waals surface area contributed by atoms with Gasteiger partial charge in [-0.1, -0.05) is 55.4 Å². The number of likely N-dealkylation sites (N-methyl/N-ethyl adjacent to an activating group) is 1. The molecule has 4 heterocycles. The number of hydrogen-bond donors (Lipinski definition) is 3. The van der Waals surface area contributed by atoms with E-state index < -0.39 is 0 Å². The van der Waals surface area contributed by atoms with Crippen LogP contribution in [0.2, 0.25) is 0 Å². The molecule has 0 radical (unpaired) electrons. The zero-order valence-electron chi connectivity index (χ0n) is 36.3. The fourth-order valence-corrected chi connectivity index (χ4v) is 6.87. The SMILES string of the molecule is CC(C)(C)C(=O)N1CCNCC1.CC(C)(C)CN1CCNCC1.CC(C)(C)N1CCOC[C@H]1CO.CC(C)CN1CCN(CC(=O)N(C)C)[C@H](C)C1. The summed E-state index contributed by atoms with van der Waals surface area (Å²) in [4.78, 5) is 36.7. The molecule has 0 aromatic carbocycles. The number of carbonyl (C=O) groups is 2. The van der Waals surface area contributed by atoms with Crippen molar-refractivity contribution in [2.75, 3.05) is 132 Å². The van der Waals surface area contributed by atoms with E-state index in [1.807, 2.05) is 39.8 Å². The monoisotopic (exact) mass is 741 g/mol. The molecule has 4 fully saturated rings. The van der Waals surface area contributed by atoms with Crippen LogP contribution >= 0.6 is 0 Å². The van der Waals surface area contributed by atoms with Crippen molar-refractivity contribution in [1.29, 1.82) is 0 Å². The van der Waals surface area contributed by atoms with E-state index in [0.717, 1.165) is 78.0 Å². The molecule has 4 rings (SSSR count). The van der Waals surface area contributed by atoms with Gasteiger partial charge in [0, 0.05) is 123 Å². The van der Waals surface area contributed by atoms with Gasteiger partial charge in [-0.25, -0.2) is 0 Å². The molecule has 0 aromatic heterocycles. The van der Waals surface area contributed by atoms with Crippen LogP contribution in [0, 0.1) is 16.7 Å². The summed E-state index contributed by atoms with van der Waals surface area (Å²) < 4.78 is 5.30. The summed E-state index contributed by atoms with van der Waals surface area (Å²) in [5.41, 5.74) is 0.367. The highest BCUT2D eigenvalue weighted by Gasteiger charge is 2.31. The lowest BCUT2D eigenvalue weighted by Crippen LogP contribution is -2.55. The number of piperazine rings is 3. The van der Waals surface area contributed by atoms with E-state index in [9.17, 15) is 9.59 Å². The van der Waals surface area contributed by atoms with Gasteiger partial charge in [0.15, 0.2) is 0 Å².